The lowest BCUT2D eigenvalue weighted by Crippen LogP contribution is -2.60. The van der Waals surface area contributed by atoms with E-state index in [1.807, 2.05) is 0 Å². The van der Waals surface area contributed by atoms with Crippen LogP contribution in [0.2, 0.25) is 0 Å². The van der Waals surface area contributed by atoms with E-state index < -0.39 is 55.6 Å². The van der Waals surface area contributed by atoms with Crippen LogP contribution in [0.3, 0.4) is 0 Å². The molecule has 1 saturated heterocycles. The minimum absolute atomic E-state index is 0.288. The van der Waals surface area contributed by atoms with E-state index >= 15 is 0 Å². The molecule has 9 heteroatoms. The van der Waals surface area contributed by atoms with Crippen LogP contribution in [0.1, 0.15) is 0 Å². The Morgan fingerprint density at radius 1 is 1.00 bits per heavy atom. The van der Waals surface area contributed by atoms with E-state index in [0.29, 0.717) is 5.57 Å². The Balaban J connectivity index is 1.75. The number of hydrogen-bond acceptors (Lipinski definition) is 9. The van der Waals surface area contributed by atoms with Crippen molar-refractivity contribution in [2.75, 3.05) is 13.2 Å². The fourth-order valence-electron chi connectivity index (χ4n) is 3.38. The molecule has 0 saturated carbocycles. The fourth-order valence-corrected chi connectivity index (χ4v) is 3.38. The molecule has 0 unspecified atom stereocenters. The number of rotatable bonds is 4. The summed E-state index contributed by atoms with van der Waals surface area (Å²) < 4.78 is 16.3. The molecule has 1 fully saturated rings. The largest absolute Gasteiger partial charge is 0.472 e. The van der Waals surface area contributed by atoms with Crippen molar-refractivity contribution in [3.05, 3.63) is 24.0 Å². The summed E-state index contributed by atoms with van der Waals surface area (Å²) in [5, 5.41) is 58.3. The van der Waals surface area contributed by atoms with Gasteiger partial charge in [0, 0.05) is 5.92 Å². The third-order valence-corrected chi connectivity index (χ3v) is 4.73. The first-order valence-electron chi connectivity index (χ1n) is 7.75. The van der Waals surface area contributed by atoms with Crippen molar-refractivity contribution >= 4 is 0 Å². The maximum Gasteiger partial charge on any atom is 0.209 e. The van der Waals surface area contributed by atoms with Gasteiger partial charge in [0.2, 0.25) is 6.29 Å². The number of fused-ring (bicyclic) bond motifs is 1. The fraction of sp³-hybridized carbons (Fsp3) is 0.733. The van der Waals surface area contributed by atoms with Gasteiger partial charge in [0.15, 0.2) is 6.29 Å². The standard InChI is InChI=1S/C15H22O9/c16-4-6-3-8(18)7-1-2-22-14(10(6)7)24-15-13(21)12(20)11(19)9(5-17)23-15/h1-3,7-21H,4-5H2/t7-,8+,9+,10+,11-,12-,13-,14+,15-/m1/s1. The predicted octanol–water partition coefficient (Wildman–Crippen LogP) is -2.80. The summed E-state index contributed by atoms with van der Waals surface area (Å²) >= 11 is 0. The average Bonchev–Trinajstić information content (AvgIpc) is 2.92. The highest BCUT2D eigenvalue weighted by molar-refractivity contribution is 5.25. The molecule has 0 aromatic heterocycles. The molecule has 9 atom stereocenters. The quantitative estimate of drug-likeness (QED) is 0.297. The third-order valence-electron chi connectivity index (χ3n) is 4.73. The summed E-state index contributed by atoms with van der Waals surface area (Å²) in [5.41, 5.74) is 0.534. The van der Waals surface area contributed by atoms with Gasteiger partial charge < -0.3 is 44.8 Å². The summed E-state index contributed by atoms with van der Waals surface area (Å²) in [6.07, 6.45) is -4.27. The molecular weight excluding hydrogens is 324 g/mol. The maximum absolute atomic E-state index is 10.0. The number of aliphatic hydroxyl groups excluding tert-OH is 6. The monoisotopic (exact) mass is 346 g/mol. The van der Waals surface area contributed by atoms with Crippen LogP contribution >= 0.6 is 0 Å². The van der Waals surface area contributed by atoms with Crippen LogP contribution < -0.4 is 0 Å². The maximum atomic E-state index is 10.0. The van der Waals surface area contributed by atoms with Crippen LogP contribution in [0.25, 0.3) is 0 Å². The molecule has 0 bridgehead atoms. The van der Waals surface area contributed by atoms with Crippen molar-refractivity contribution in [2.24, 2.45) is 11.8 Å². The molecule has 2 heterocycles. The zero-order chi connectivity index (χ0) is 17.4. The first-order valence-corrected chi connectivity index (χ1v) is 7.75. The van der Waals surface area contributed by atoms with E-state index in [-0.39, 0.29) is 12.5 Å². The van der Waals surface area contributed by atoms with Crippen molar-refractivity contribution < 1.29 is 44.8 Å². The van der Waals surface area contributed by atoms with E-state index in [0.717, 1.165) is 0 Å². The van der Waals surface area contributed by atoms with Crippen molar-refractivity contribution in [1.82, 2.24) is 0 Å². The minimum Gasteiger partial charge on any atom is -0.472 e. The summed E-state index contributed by atoms with van der Waals surface area (Å²) in [7, 11) is 0. The number of aliphatic hydroxyl groups is 6. The van der Waals surface area contributed by atoms with Crippen molar-refractivity contribution in [2.45, 2.75) is 43.1 Å². The average molecular weight is 346 g/mol. The lowest BCUT2D eigenvalue weighted by molar-refractivity contribution is -0.339. The minimum atomic E-state index is -1.56. The van der Waals surface area contributed by atoms with Gasteiger partial charge in [-0.15, -0.1) is 0 Å². The van der Waals surface area contributed by atoms with E-state index in [1.54, 1.807) is 6.08 Å². The van der Waals surface area contributed by atoms with Crippen molar-refractivity contribution in [3.8, 4) is 0 Å². The van der Waals surface area contributed by atoms with Crippen molar-refractivity contribution in [3.63, 3.8) is 0 Å². The molecule has 3 aliphatic rings. The molecule has 0 spiro atoms. The van der Waals surface area contributed by atoms with Gasteiger partial charge in [-0.2, -0.15) is 0 Å². The molecule has 0 aromatic carbocycles. The van der Waals surface area contributed by atoms with Crippen LogP contribution in [0.4, 0.5) is 0 Å². The number of ether oxygens (including phenoxy) is 3. The Kier molecular flexibility index (Phi) is 5.23. The third kappa shape index (κ3) is 2.98. The molecule has 24 heavy (non-hydrogen) atoms. The molecule has 3 rings (SSSR count). The molecule has 136 valence electrons. The van der Waals surface area contributed by atoms with Gasteiger partial charge >= 0.3 is 0 Å². The highest BCUT2D eigenvalue weighted by Crippen LogP contribution is 2.40. The van der Waals surface area contributed by atoms with Crippen LogP contribution in [0.15, 0.2) is 24.0 Å². The van der Waals surface area contributed by atoms with Crippen molar-refractivity contribution in [1.29, 1.82) is 0 Å². The zero-order valence-corrected chi connectivity index (χ0v) is 12.8. The molecule has 1 aliphatic carbocycles. The molecule has 6 N–H and O–H groups in total. The lowest BCUT2D eigenvalue weighted by atomic mass is 9.88. The Labute approximate surface area is 138 Å². The highest BCUT2D eigenvalue weighted by Gasteiger charge is 2.49. The summed E-state index contributed by atoms with van der Waals surface area (Å²) in [4.78, 5) is 0. The van der Waals surface area contributed by atoms with Gasteiger partial charge in [0.05, 0.1) is 31.5 Å². The Bertz CT molecular complexity index is 505. The SMILES string of the molecule is OCC1=C[C@H](O)[C@H]2C=CO[C@@H](O[C@H]3O[C@@H](CO)[C@@H](O)[C@@H](O)[C@H]3O)[C@@H]12. The van der Waals surface area contributed by atoms with E-state index in [9.17, 15) is 30.6 Å². The second-order valence-electron chi connectivity index (χ2n) is 6.16. The Morgan fingerprint density at radius 3 is 2.42 bits per heavy atom. The number of hydrogen-bond donors (Lipinski definition) is 6. The topological polar surface area (TPSA) is 149 Å². The van der Waals surface area contributed by atoms with Crippen LogP contribution in [-0.2, 0) is 14.2 Å². The normalized spacial score (nSPS) is 47.9. The molecule has 0 radical (unpaired) electrons. The van der Waals surface area contributed by atoms with Crippen LogP contribution in [-0.4, -0.2) is 87.0 Å². The van der Waals surface area contributed by atoms with Gasteiger partial charge in [0.25, 0.3) is 0 Å². The van der Waals surface area contributed by atoms with Gasteiger partial charge in [-0.25, -0.2) is 0 Å². The Morgan fingerprint density at radius 2 is 1.75 bits per heavy atom. The van der Waals surface area contributed by atoms with E-state index in [2.05, 4.69) is 0 Å². The van der Waals surface area contributed by atoms with Gasteiger partial charge in [-0.1, -0.05) is 6.08 Å². The summed E-state index contributed by atoms with van der Waals surface area (Å²) in [6.45, 7) is -0.854. The van der Waals surface area contributed by atoms with Gasteiger partial charge in [-0.05, 0) is 11.6 Å². The molecule has 0 aromatic rings. The molecule has 0 amide bonds. The second-order valence-corrected chi connectivity index (χ2v) is 6.16. The van der Waals surface area contributed by atoms with E-state index in [1.165, 1.54) is 12.3 Å². The predicted molar refractivity (Wildman–Crippen MR) is 77.0 cm³/mol. The highest BCUT2D eigenvalue weighted by atomic mass is 16.8. The zero-order valence-electron chi connectivity index (χ0n) is 12.8. The smallest absolute Gasteiger partial charge is 0.209 e. The van der Waals surface area contributed by atoms with E-state index in [4.69, 9.17) is 14.2 Å². The first kappa shape index (κ1) is 17.8. The summed E-state index contributed by atoms with van der Waals surface area (Å²) in [5.74, 6) is -0.835. The lowest BCUT2D eigenvalue weighted by Gasteiger charge is -2.42. The second kappa shape index (κ2) is 7.06. The van der Waals surface area contributed by atoms with Gasteiger partial charge in [-0.3, -0.25) is 0 Å². The molecule has 9 nitrogen and oxygen atoms in total. The molecular formula is C15H22O9. The molecule has 2 aliphatic heterocycles. The Hall–Kier alpha value is -1.04. The van der Waals surface area contributed by atoms with Crippen LogP contribution in [0.5, 0.6) is 0 Å². The van der Waals surface area contributed by atoms with Gasteiger partial charge in [0.1, 0.15) is 24.4 Å². The first-order chi connectivity index (χ1) is 11.5. The summed E-state index contributed by atoms with van der Waals surface area (Å²) in [6, 6.07) is 0. The van der Waals surface area contributed by atoms with Crippen LogP contribution in [0, 0.1) is 11.8 Å².